The van der Waals surface area contributed by atoms with Crippen molar-refractivity contribution in [1.82, 2.24) is 5.32 Å². The van der Waals surface area contributed by atoms with Gasteiger partial charge in [0.25, 0.3) is 5.91 Å². The summed E-state index contributed by atoms with van der Waals surface area (Å²) in [6.07, 6.45) is 6.13. The quantitative estimate of drug-likeness (QED) is 0.656. The maximum atomic E-state index is 12.0. The molecule has 0 aliphatic carbocycles. The molecule has 1 aromatic carbocycles. The number of carbonyl (C=O) groups excluding carboxylic acids is 1. The van der Waals surface area contributed by atoms with Crippen molar-refractivity contribution in [2.24, 2.45) is 5.92 Å². The minimum Gasteiger partial charge on any atom is -0.352 e. The number of benzene rings is 1. The smallest absolute Gasteiger partial charge is 0.252 e. The molecule has 2 nitrogen and oxygen atoms in total. The van der Waals surface area contributed by atoms with Crippen LogP contribution >= 0.6 is 15.9 Å². The molecule has 0 saturated heterocycles. The molecule has 0 bridgehead atoms. The predicted octanol–water partition coefficient (Wildman–Crippen LogP) is 5.09. The number of halogens is 1. The normalized spacial score (nSPS) is 10.8. The average molecular weight is 340 g/mol. The number of carbonyl (C=O) groups is 1. The molecule has 0 fully saturated rings. The van der Waals surface area contributed by atoms with E-state index >= 15 is 0 Å². The largest absolute Gasteiger partial charge is 0.352 e. The number of aryl methyl sites for hydroxylation is 1. The zero-order valence-corrected chi connectivity index (χ0v) is 14.4. The summed E-state index contributed by atoms with van der Waals surface area (Å²) in [5.41, 5.74) is 1.87. The molecule has 0 aromatic heterocycles. The van der Waals surface area contributed by atoms with Gasteiger partial charge in [-0.3, -0.25) is 4.79 Å². The van der Waals surface area contributed by atoms with Crippen LogP contribution < -0.4 is 5.32 Å². The number of hydrogen-bond acceptors (Lipinski definition) is 1. The number of unbranched alkanes of at least 4 members (excludes halogenated alkanes) is 3. The summed E-state index contributed by atoms with van der Waals surface area (Å²) in [6.45, 7) is 7.31. The van der Waals surface area contributed by atoms with E-state index in [9.17, 15) is 4.79 Å². The van der Waals surface area contributed by atoms with Crippen LogP contribution in [0.25, 0.3) is 0 Å². The van der Waals surface area contributed by atoms with Crippen LogP contribution in [0.15, 0.2) is 22.7 Å². The monoisotopic (exact) mass is 339 g/mol. The maximum absolute atomic E-state index is 12.0. The highest BCUT2D eigenvalue weighted by Gasteiger charge is 2.08. The molecule has 20 heavy (non-hydrogen) atoms. The lowest BCUT2D eigenvalue weighted by molar-refractivity contribution is 0.0952. The van der Waals surface area contributed by atoms with Gasteiger partial charge in [-0.15, -0.1) is 0 Å². The van der Waals surface area contributed by atoms with E-state index in [1.807, 2.05) is 25.1 Å². The Morgan fingerprint density at radius 2 is 1.90 bits per heavy atom. The second kappa shape index (κ2) is 9.17. The zero-order valence-electron chi connectivity index (χ0n) is 12.8. The average Bonchev–Trinajstić information content (AvgIpc) is 2.37. The summed E-state index contributed by atoms with van der Waals surface area (Å²) in [7, 11) is 0. The molecule has 1 rings (SSSR count). The van der Waals surface area contributed by atoms with Crippen LogP contribution in [0, 0.1) is 12.8 Å². The number of amides is 1. The Labute approximate surface area is 131 Å². The van der Waals surface area contributed by atoms with Crippen molar-refractivity contribution in [3.63, 3.8) is 0 Å². The van der Waals surface area contributed by atoms with Gasteiger partial charge in [0, 0.05) is 11.0 Å². The maximum Gasteiger partial charge on any atom is 0.252 e. The molecular formula is C17H26BrNO. The van der Waals surface area contributed by atoms with Gasteiger partial charge >= 0.3 is 0 Å². The van der Waals surface area contributed by atoms with Crippen molar-refractivity contribution in [1.29, 1.82) is 0 Å². The van der Waals surface area contributed by atoms with E-state index in [0.717, 1.165) is 34.5 Å². The first-order chi connectivity index (χ1) is 9.50. The Balaban J connectivity index is 2.20. The van der Waals surface area contributed by atoms with E-state index in [4.69, 9.17) is 0 Å². The lowest BCUT2D eigenvalue weighted by Gasteiger charge is -2.08. The van der Waals surface area contributed by atoms with E-state index in [1.54, 1.807) is 0 Å². The van der Waals surface area contributed by atoms with Gasteiger partial charge in [-0.2, -0.15) is 0 Å². The fraction of sp³-hybridized carbons (Fsp3) is 0.588. The van der Waals surface area contributed by atoms with E-state index in [0.29, 0.717) is 0 Å². The molecule has 0 saturated carbocycles. The van der Waals surface area contributed by atoms with E-state index in [1.165, 1.54) is 25.7 Å². The third-order valence-corrected chi connectivity index (χ3v) is 4.02. The molecule has 1 amide bonds. The van der Waals surface area contributed by atoms with E-state index in [2.05, 4.69) is 35.1 Å². The van der Waals surface area contributed by atoms with Gasteiger partial charge in [0.05, 0.1) is 5.56 Å². The van der Waals surface area contributed by atoms with Gasteiger partial charge in [-0.1, -0.05) is 45.6 Å². The SMILES string of the molecule is Cc1ccc(C(=O)NCCCCCCC(C)C)c(Br)c1. The summed E-state index contributed by atoms with van der Waals surface area (Å²) in [5, 5.41) is 2.99. The minimum atomic E-state index is 0.0130. The molecule has 0 unspecified atom stereocenters. The van der Waals surface area contributed by atoms with Crippen LogP contribution in [0.1, 0.15) is 61.9 Å². The van der Waals surface area contributed by atoms with Crippen LogP contribution in [-0.4, -0.2) is 12.5 Å². The summed E-state index contributed by atoms with van der Waals surface area (Å²) in [6, 6.07) is 5.81. The first-order valence-electron chi connectivity index (χ1n) is 7.55. The topological polar surface area (TPSA) is 29.1 Å². The van der Waals surface area contributed by atoms with Crippen LogP contribution in [0.2, 0.25) is 0 Å². The summed E-state index contributed by atoms with van der Waals surface area (Å²) in [5.74, 6) is 0.813. The Bertz CT molecular complexity index is 429. The third-order valence-electron chi connectivity index (χ3n) is 3.36. The van der Waals surface area contributed by atoms with Gasteiger partial charge in [0.2, 0.25) is 0 Å². The Kier molecular flexibility index (Phi) is 7.90. The van der Waals surface area contributed by atoms with Gasteiger partial charge in [0.1, 0.15) is 0 Å². The Hall–Kier alpha value is -0.830. The van der Waals surface area contributed by atoms with Crippen molar-refractivity contribution in [2.75, 3.05) is 6.54 Å². The Morgan fingerprint density at radius 1 is 1.20 bits per heavy atom. The first kappa shape index (κ1) is 17.2. The standard InChI is InChI=1S/C17H26BrNO/c1-13(2)8-6-4-5-7-11-19-17(20)15-10-9-14(3)12-16(15)18/h9-10,12-13H,4-8,11H2,1-3H3,(H,19,20). The molecule has 0 atom stereocenters. The molecule has 112 valence electrons. The molecular weight excluding hydrogens is 314 g/mol. The van der Waals surface area contributed by atoms with E-state index in [-0.39, 0.29) is 5.91 Å². The van der Waals surface area contributed by atoms with Crippen LogP contribution in [-0.2, 0) is 0 Å². The molecule has 0 spiro atoms. The van der Waals surface area contributed by atoms with Crippen molar-refractivity contribution >= 4 is 21.8 Å². The fourth-order valence-corrected chi connectivity index (χ4v) is 2.81. The van der Waals surface area contributed by atoms with Crippen molar-refractivity contribution in [2.45, 2.75) is 52.9 Å². The highest BCUT2D eigenvalue weighted by molar-refractivity contribution is 9.10. The van der Waals surface area contributed by atoms with E-state index < -0.39 is 0 Å². The van der Waals surface area contributed by atoms with Gasteiger partial charge < -0.3 is 5.32 Å². The van der Waals surface area contributed by atoms with Gasteiger partial charge in [-0.05, 0) is 52.9 Å². The number of hydrogen-bond donors (Lipinski definition) is 1. The lowest BCUT2D eigenvalue weighted by atomic mass is 10.0. The van der Waals surface area contributed by atoms with Gasteiger partial charge in [-0.25, -0.2) is 0 Å². The third kappa shape index (κ3) is 6.56. The Morgan fingerprint density at radius 3 is 2.55 bits per heavy atom. The molecule has 1 aromatic rings. The minimum absolute atomic E-state index is 0.0130. The van der Waals surface area contributed by atoms with Crippen molar-refractivity contribution in [3.8, 4) is 0 Å². The molecule has 0 radical (unpaired) electrons. The molecule has 0 aliphatic heterocycles. The second-order valence-corrected chi connectivity index (χ2v) is 6.69. The lowest BCUT2D eigenvalue weighted by Crippen LogP contribution is -2.24. The zero-order chi connectivity index (χ0) is 15.0. The van der Waals surface area contributed by atoms with Crippen LogP contribution in [0.5, 0.6) is 0 Å². The predicted molar refractivity (Wildman–Crippen MR) is 89.1 cm³/mol. The van der Waals surface area contributed by atoms with Crippen molar-refractivity contribution in [3.05, 3.63) is 33.8 Å². The molecule has 3 heteroatoms. The van der Waals surface area contributed by atoms with Gasteiger partial charge in [0.15, 0.2) is 0 Å². The highest BCUT2D eigenvalue weighted by atomic mass is 79.9. The first-order valence-corrected chi connectivity index (χ1v) is 8.34. The summed E-state index contributed by atoms with van der Waals surface area (Å²) in [4.78, 5) is 12.0. The highest BCUT2D eigenvalue weighted by Crippen LogP contribution is 2.18. The summed E-state index contributed by atoms with van der Waals surface area (Å²) >= 11 is 3.44. The second-order valence-electron chi connectivity index (χ2n) is 5.84. The van der Waals surface area contributed by atoms with Crippen molar-refractivity contribution < 1.29 is 4.79 Å². The molecule has 0 aliphatic rings. The molecule has 0 heterocycles. The summed E-state index contributed by atoms with van der Waals surface area (Å²) < 4.78 is 0.868. The molecule has 1 N–H and O–H groups in total. The number of rotatable bonds is 8. The fourth-order valence-electron chi connectivity index (χ4n) is 2.13. The van der Waals surface area contributed by atoms with Crippen LogP contribution in [0.3, 0.4) is 0 Å². The van der Waals surface area contributed by atoms with Crippen LogP contribution in [0.4, 0.5) is 0 Å². The number of nitrogens with one attached hydrogen (secondary N) is 1.